The maximum Gasteiger partial charge on any atom is 0.329 e. The van der Waals surface area contributed by atoms with E-state index in [9.17, 15) is 19.5 Å². The van der Waals surface area contributed by atoms with E-state index in [4.69, 9.17) is 4.74 Å². The molecule has 2 rings (SSSR count). The SMILES string of the molecule is CCC(C)(C)C(=O)C(=O)N1CCCC[C@H]1C(=O)O[C@@H](CO)CCc1cccnc1. The lowest BCUT2D eigenvalue weighted by atomic mass is 9.84. The number of Topliss-reactive ketones (excluding diaryl/α,β-unsaturated/α-hetero) is 1. The molecule has 0 radical (unpaired) electrons. The van der Waals surface area contributed by atoms with E-state index in [0.717, 1.165) is 18.4 Å². The molecule has 1 aromatic rings. The summed E-state index contributed by atoms with van der Waals surface area (Å²) in [6.07, 6.45) is 6.37. The Kier molecular flexibility index (Phi) is 8.32. The number of esters is 1. The number of hydrogen-bond acceptors (Lipinski definition) is 6. The van der Waals surface area contributed by atoms with Gasteiger partial charge in [0.05, 0.1) is 6.61 Å². The smallest absolute Gasteiger partial charge is 0.329 e. The van der Waals surface area contributed by atoms with Gasteiger partial charge in [0.2, 0.25) is 5.78 Å². The Labute approximate surface area is 172 Å². The van der Waals surface area contributed by atoms with E-state index in [0.29, 0.717) is 32.2 Å². The normalized spacial score (nSPS) is 18.2. The summed E-state index contributed by atoms with van der Waals surface area (Å²) in [4.78, 5) is 43.6. The molecule has 0 spiro atoms. The maximum atomic E-state index is 12.8. The summed E-state index contributed by atoms with van der Waals surface area (Å²) in [6.45, 7) is 5.41. The molecule has 0 saturated carbocycles. The number of aliphatic hydroxyl groups is 1. The second-order valence-corrected chi connectivity index (χ2v) is 8.22. The lowest BCUT2D eigenvalue weighted by Gasteiger charge is -2.36. The number of hydrogen-bond donors (Lipinski definition) is 1. The number of nitrogens with zero attached hydrogens (tertiary/aromatic N) is 2. The highest BCUT2D eigenvalue weighted by molar-refractivity contribution is 6.38. The van der Waals surface area contributed by atoms with Crippen molar-refractivity contribution in [1.29, 1.82) is 0 Å². The van der Waals surface area contributed by atoms with Crippen LogP contribution < -0.4 is 0 Å². The summed E-state index contributed by atoms with van der Waals surface area (Å²) in [5.41, 5.74) is 0.226. The van der Waals surface area contributed by atoms with Crippen molar-refractivity contribution in [3.8, 4) is 0 Å². The molecule has 0 aromatic carbocycles. The van der Waals surface area contributed by atoms with Crippen LogP contribution in [0, 0.1) is 5.41 Å². The Morgan fingerprint density at radius 3 is 2.72 bits per heavy atom. The number of pyridine rings is 1. The molecule has 2 atom stereocenters. The molecular formula is C22H32N2O5. The minimum absolute atomic E-state index is 0.297. The van der Waals surface area contributed by atoms with Gasteiger partial charge in [-0.25, -0.2) is 4.79 Å². The number of carbonyl (C=O) groups is 3. The van der Waals surface area contributed by atoms with E-state index in [2.05, 4.69) is 4.98 Å². The molecule has 2 heterocycles. The minimum Gasteiger partial charge on any atom is -0.458 e. The zero-order valence-electron chi connectivity index (χ0n) is 17.6. The van der Waals surface area contributed by atoms with Crippen molar-refractivity contribution in [2.45, 2.75) is 71.4 Å². The third-order valence-electron chi connectivity index (χ3n) is 5.69. The molecule has 0 aliphatic carbocycles. The van der Waals surface area contributed by atoms with Gasteiger partial charge in [0, 0.05) is 24.4 Å². The van der Waals surface area contributed by atoms with Gasteiger partial charge in [-0.15, -0.1) is 0 Å². The molecule has 1 amide bonds. The van der Waals surface area contributed by atoms with Gasteiger partial charge in [-0.2, -0.15) is 0 Å². The lowest BCUT2D eigenvalue weighted by molar-refractivity contribution is -0.165. The van der Waals surface area contributed by atoms with Crippen molar-refractivity contribution < 1.29 is 24.2 Å². The van der Waals surface area contributed by atoms with Crippen molar-refractivity contribution >= 4 is 17.7 Å². The lowest BCUT2D eigenvalue weighted by Crippen LogP contribution is -2.53. The van der Waals surface area contributed by atoms with E-state index in [-0.39, 0.29) is 6.61 Å². The number of likely N-dealkylation sites (tertiary alicyclic amines) is 1. The monoisotopic (exact) mass is 404 g/mol. The second-order valence-electron chi connectivity index (χ2n) is 8.22. The Morgan fingerprint density at radius 1 is 1.34 bits per heavy atom. The van der Waals surface area contributed by atoms with Crippen LogP contribution >= 0.6 is 0 Å². The number of aliphatic hydroxyl groups excluding tert-OH is 1. The summed E-state index contributed by atoms with van der Waals surface area (Å²) in [5.74, 6) is -1.64. The third-order valence-corrected chi connectivity index (χ3v) is 5.69. The van der Waals surface area contributed by atoms with Gasteiger partial charge in [-0.05, 0) is 50.2 Å². The molecule has 1 fully saturated rings. The number of aryl methyl sites for hydroxylation is 1. The molecule has 7 nitrogen and oxygen atoms in total. The first-order chi connectivity index (χ1) is 13.8. The topological polar surface area (TPSA) is 96.8 Å². The number of ketones is 1. The molecule has 29 heavy (non-hydrogen) atoms. The number of aromatic nitrogens is 1. The molecular weight excluding hydrogens is 372 g/mol. The molecule has 0 unspecified atom stereocenters. The standard InChI is InChI=1S/C22H32N2O5/c1-4-22(2,3)19(26)20(27)24-13-6-5-9-18(24)21(28)29-17(15-25)11-10-16-8-7-12-23-14-16/h7-8,12,14,17-18,25H,4-6,9-11,13,15H2,1-3H3/t17-,18+/m1/s1. The molecule has 160 valence electrons. The van der Waals surface area contributed by atoms with Gasteiger partial charge in [-0.3, -0.25) is 14.6 Å². The quantitative estimate of drug-likeness (QED) is 0.501. The van der Waals surface area contributed by atoms with E-state index in [1.807, 2.05) is 19.1 Å². The highest BCUT2D eigenvalue weighted by atomic mass is 16.6. The highest BCUT2D eigenvalue weighted by Crippen LogP contribution is 2.26. The van der Waals surface area contributed by atoms with Gasteiger partial charge < -0.3 is 14.7 Å². The van der Waals surface area contributed by atoms with Gasteiger partial charge in [0.15, 0.2) is 0 Å². The highest BCUT2D eigenvalue weighted by Gasteiger charge is 2.40. The van der Waals surface area contributed by atoms with Gasteiger partial charge in [0.25, 0.3) is 5.91 Å². The number of piperidine rings is 1. The van der Waals surface area contributed by atoms with Crippen LogP contribution in [0.25, 0.3) is 0 Å². The zero-order valence-corrected chi connectivity index (χ0v) is 17.6. The first kappa shape index (κ1) is 23.0. The summed E-state index contributed by atoms with van der Waals surface area (Å²) in [7, 11) is 0. The van der Waals surface area contributed by atoms with Crippen LogP contribution in [0.3, 0.4) is 0 Å². The van der Waals surface area contributed by atoms with Crippen molar-refractivity contribution in [2.75, 3.05) is 13.2 Å². The Balaban J connectivity index is 2.02. The van der Waals surface area contributed by atoms with Crippen LogP contribution in [0.2, 0.25) is 0 Å². The number of carbonyl (C=O) groups excluding carboxylic acids is 3. The summed E-state index contributed by atoms with van der Waals surface area (Å²) in [5, 5.41) is 9.63. The van der Waals surface area contributed by atoms with Gasteiger partial charge >= 0.3 is 5.97 Å². The van der Waals surface area contributed by atoms with Crippen LogP contribution in [0.1, 0.15) is 58.4 Å². The fourth-order valence-electron chi connectivity index (χ4n) is 3.30. The molecule has 1 aliphatic heterocycles. The van der Waals surface area contributed by atoms with Crippen LogP contribution in [-0.4, -0.2) is 57.9 Å². The maximum absolute atomic E-state index is 12.8. The first-order valence-corrected chi connectivity index (χ1v) is 10.4. The van der Waals surface area contributed by atoms with Crippen LogP contribution in [-0.2, 0) is 25.5 Å². The van der Waals surface area contributed by atoms with E-state index >= 15 is 0 Å². The Bertz CT molecular complexity index is 704. The second kappa shape index (κ2) is 10.5. The summed E-state index contributed by atoms with van der Waals surface area (Å²) >= 11 is 0. The predicted octanol–water partition coefficient (Wildman–Crippen LogP) is 2.30. The minimum atomic E-state index is -0.778. The molecule has 1 aliphatic rings. The summed E-state index contributed by atoms with van der Waals surface area (Å²) < 4.78 is 5.52. The van der Waals surface area contributed by atoms with Crippen LogP contribution in [0.4, 0.5) is 0 Å². The predicted molar refractivity (Wildman–Crippen MR) is 108 cm³/mol. The van der Waals surface area contributed by atoms with Crippen molar-refractivity contribution in [2.24, 2.45) is 5.41 Å². The molecule has 1 saturated heterocycles. The first-order valence-electron chi connectivity index (χ1n) is 10.4. The van der Waals surface area contributed by atoms with E-state index < -0.39 is 35.2 Å². The average Bonchev–Trinajstić information content (AvgIpc) is 2.76. The summed E-state index contributed by atoms with van der Waals surface area (Å²) in [6, 6.07) is 2.97. The van der Waals surface area contributed by atoms with Gasteiger partial charge in [0.1, 0.15) is 12.1 Å². The molecule has 1 aromatic heterocycles. The van der Waals surface area contributed by atoms with E-state index in [1.54, 1.807) is 26.2 Å². The molecule has 1 N–H and O–H groups in total. The number of amides is 1. The molecule has 7 heteroatoms. The van der Waals surface area contributed by atoms with Crippen molar-refractivity contribution in [1.82, 2.24) is 9.88 Å². The van der Waals surface area contributed by atoms with Gasteiger partial charge in [-0.1, -0.05) is 26.8 Å². The Morgan fingerprint density at radius 2 is 2.10 bits per heavy atom. The van der Waals surface area contributed by atoms with Crippen molar-refractivity contribution in [3.63, 3.8) is 0 Å². The van der Waals surface area contributed by atoms with E-state index in [1.165, 1.54) is 4.90 Å². The number of ether oxygens (including phenoxy) is 1. The fraction of sp³-hybridized carbons (Fsp3) is 0.636. The van der Waals surface area contributed by atoms with Crippen molar-refractivity contribution in [3.05, 3.63) is 30.1 Å². The third kappa shape index (κ3) is 6.10. The molecule has 0 bridgehead atoms. The average molecular weight is 405 g/mol. The number of rotatable bonds is 9. The van der Waals surface area contributed by atoms with Crippen LogP contribution in [0.5, 0.6) is 0 Å². The fourth-order valence-corrected chi connectivity index (χ4v) is 3.30. The Hall–Kier alpha value is -2.28. The largest absolute Gasteiger partial charge is 0.458 e. The van der Waals surface area contributed by atoms with Crippen LogP contribution in [0.15, 0.2) is 24.5 Å². The zero-order chi connectivity index (χ0) is 21.4.